The second-order valence-electron chi connectivity index (χ2n) is 7.44. The molecule has 168 valence electrons. The third-order valence-electron chi connectivity index (χ3n) is 4.96. The van der Waals surface area contributed by atoms with Crippen LogP contribution in [0.25, 0.3) is 0 Å². The average Bonchev–Trinajstić information content (AvgIpc) is 3.13. The van der Waals surface area contributed by atoms with Gasteiger partial charge in [0.2, 0.25) is 11.8 Å². The van der Waals surface area contributed by atoms with Crippen molar-refractivity contribution in [2.24, 2.45) is 0 Å². The molecule has 0 atom stereocenters. The number of hydrogen-bond donors (Lipinski definition) is 2. The molecule has 7 nitrogen and oxygen atoms in total. The van der Waals surface area contributed by atoms with E-state index in [-0.39, 0.29) is 24.0 Å². The van der Waals surface area contributed by atoms with Gasteiger partial charge in [0.25, 0.3) is 0 Å². The molecule has 2 amide bonds. The predicted octanol–water partition coefficient (Wildman–Crippen LogP) is 4.79. The van der Waals surface area contributed by atoms with Crippen LogP contribution >= 0.6 is 23.4 Å². The number of carbonyl (C=O) groups excluding carboxylic acids is 2. The molecule has 0 spiro atoms. The van der Waals surface area contributed by atoms with Crippen LogP contribution in [0.2, 0.25) is 5.02 Å². The molecule has 3 rings (SSSR count). The first-order valence-corrected chi connectivity index (χ1v) is 11.6. The third-order valence-corrected chi connectivity index (χ3v) is 6.34. The minimum Gasteiger partial charge on any atom is -0.326 e. The van der Waals surface area contributed by atoms with E-state index >= 15 is 0 Å². The number of benzene rings is 2. The zero-order valence-electron chi connectivity index (χ0n) is 18.5. The van der Waals surface area contributed by atoms with Crippen LogP contribution in [-0.2, 0) is 22.6 Å². The molecule has 0 aliphatic carbocycles. The number of aromatic nitrogens is 3. The fourth-order valence-electron chi connectivity index (χ4n) is 3.21. The highest BCUT2D eigenvalue weighted by atomic mass is 35.5. The Balaban J connectivity index is 1.61. The first kappa shape index (κ1) is 23.8. The summed E-state index contributed by atoms with van der Waals surface area (Å²) in [4.78, 5) is 24.9. The fraction of sp³-hybridized carbons (Fsp3) is 0.304. The minimum absolute atomic E-state index is 0.0709. The number of rotatable bonds is 8. The molecule has 0 aliphatic rings. The van der Waals surface area contributed by atoms with Gasteiger partial charge in [-0.3, -0.25) is 9.59 Å². The van der Waals surface area contributed by atoms with Crippen molar-refractivity contribution in [1.82, 2.24) is 14.8 Å². The summed E-state index contributed by atoms with van der Waals surface area (Å²) in [6.07, 6.45) is 0.0709. The van der Waals surface area contributed by atoms with E-state index in [1.54, 1.807) is 12.1 Å². The molecule has 32 heavy (non-hydrogen) atoms. The number of amides is 2. The Labute approximate surface area is 197 Å². The van der Waals surface area contributed by atoms with E-state index in [4.69, 9.17) is 11.6 Å². The molecule has 0 unspecified atom stereocenters. The molecule has 1 heterocycles. The topological polar surface area (TPSA) is 88.9 Å². The van der Waals surface area contributed by atoms with Gasteiger partial charge in [0.15, 0.2) is 5.16 Å². The van der Waals surface area contributed by atoms with Crippen LogP contribution in [0.15, 0.2) is 41.6 Å². The van der Waals surface area contributed by atoms with E-state index in [9.17, 15) is 9.59 Å². The van der Waals surface area contributed by atoms with Crippen molar-refractivity contribution in [2.75, 3.05) is 16.4 Å². The predicted molar refractivity (Wildman–Crippen MR) is 129 cm³/mol. The Bertz CT molecular complexity index is 1130. The Morgan fingerprint density at radius 3 is 2.38 bits per heavy atom. The van der Waals surface area contributed by atoms with E-state index in [1.165, 1.54) is 11.8 Å². The lowest BCUT2D eigenvalue weighted by Crippen LogP contribution is -2.18. The Kier molecular flexibility index (Phi) is 7.93. The van der Waals surface area contributed by atoms with Crippen LogP contribution in [-0.4, -0.2) is 32.3 Å². The highest BCUT2D eigenvalue weighted by molar-refractivity contribution is 7.99. The lowest BCUT2D eigenvalue weighted by atomic mass is 10.1. The number of para-hydroxylation sites is 1. The van der Waals surface area contributed by atoms with Gasteiger partial charge in [-0.05, 0) is 56.5 Å². The van der Waals surface area contributed by atoms with Gasteiger partial charge in [-0.2, -0.15) is 0 Å². The molecule has 0 aliphatic heterocycles. The van der Waals surface area contributed by atoms with Crippen LogP contribution in [0.3, 0.4) is 0 Å². The van der Waals surface area contributed by atoms with Crippen molar-refractivity contribution in [3.05, 3.63) is 63.9 Å². The lowest BCUT2D eigenvalue weighted by molar-refractivity contribution is -0.116. The molecule has 2 aromatic carbocycles. The van der Waals surface area contributed by atoms with Crippen molar-refractivity contribution in [2.45, 2.75) is 45.8 Å². The summed E-state index contributed by atoms with van der Waals surface area (Å²) in [7, 11) is 0. The van der Waals surface area contributed by atoms with E-state index in [0.717, 1.165) is 22.4 Å². The highest BCUT2D eigenvalue weighted by Crippen LogP contribution is 2.23. The van der Waals surface area contributed by atoms with Crippen LogP contribution in [0.5, 0.6) is 0 Å². The highest BCUT2D eigenvalue weighted by Gasteiger charge is 2.17. The SMILES string of the molecule is CCn1c(CC(=O)Nc2ccc(C)c(Cl)c2)nnc1SCC(=O)Nc1c(C)cccc1C. The molecule has 3 aromatic rings. The van der Waals surface area contributed by atoms with Crippen LogP contribution < -0.4 is 10.6 Å². The maximum atomic E-state index is 12.5. The molecule has 0 bridgehead atoms. The monoisotopic (exact) mass is 471 g/mol. The lowest BCUT2D eigenvalue weighted by Gasteiger charge is -2.11. The smallest absolute Gasteiger partial charge is 0.234 e. The van der Waals surface area contributed by atoms with Gasteiger partial charge in [-0.25, -0.2) is 0 Å². The second-order valence-corrected chi connectivity index (χ2v) is 8.79. The van der Waals surface area contributed by atoms with E-state index < -0.39 is 0 Å². The van der Waals surface area contributed by atoms with Crippen molar-refractivity contribution >= 4 is 46.6 Å². The van der Waals surface area contributed by atoms with Gasteiger partial charge in [-0.15, -0.1) is 10.2 Å². The number of thioether (sulfide) groups is 1. The quantitative estimate of drug-likeness (QED) is 0.461. The summed E-state index contributed by atoms with van der Waals surface area (Å²) in [6.45, 7) is 8.37. The minimum atomic E-state index is -0.212. The van der Waals surface area contributed by atoms with E-state index in [0.29, 0.717) is 28.2 Å². The zero-order chi connectivity index (χ0) is 23.3. The Morgan fingerprint density at radius 2 is 1.72 bits per heavy atom. The number of aryl methyl sites for hydroxylation is 3. The average molecular weight is 472 g/mol. The number of anilines is 2. The second kappa shape index (κ2) is 10.7. The largest absolute Gasteiger partial charge is 0.326 e. The van der Waals surface area contributed by atoms with Gasteiger partial charge >= 0.3 is 0 Å². The number of nitrogens with zero attached hydrogens (tertiary/aromatic N) is 3. The summed E-state index contributed by atoms with van der Waals surface area (Å²) in [5.74, 6) is 0.408. The summed E-state index contributed by atoms with van der Waals surface area (Å²) < 4.78 is 1.85. The molecule has 0 fully saturated rings. The summed E-state index contributed by atoms with van der Waals surface area (Å²) in [6, 6.07) is 11.3. The molecular formula is C23H26ClN5O2S. The summed E-state index contributed by atoms with van der Waals surface area (Å²) in [5, 5.41) is 15.3. The normalized spacial score (nSPS) is 10.8. The van der Waals surface area contributed by atoms with Gasteiger partial charge in [0, 0.05) is 22.9 Å². The van der Waals surface area contributed by atoms with Gasteiger partial charge in [0.1, 0.15) is 5.82 Å². The fourth-order valence-corrected chi connectivity index (χ4v) is 4.21. The number of halogens is 1. The third kappa shape index (κ3) is 5.89. The number of nitrogens with one attached hydrogen (secondary N) is 2. The molecule has 0 radical (unpaired) electrons. The zero-order valence-corrected chi connectivity index (χ0v) is 20.1. The first-order chi connectivity index (χ1) is 15.3. The maximum Gasteiger partial charge on any atom is 0.234 e. The first-order valence-electron chi connectivity index (χ1n) is 10.3. The van der Waals surface area contributed by atoms with Gasteiger partial charge in [0.05, 0.1) is 12.2 Å². The van der Waals surface area contributed by atoms with Crippen molar-refractivity contribution in [1.29, 1.82) is 0 Å². The maximum absolute atomic E-state index is 12.5. The van der Waals surface area contributed by atoms with Gasteiger partial charge in [-0.1, -0.05) is 47.6 Å². The van der Waals surface area contributed by atoms with Crippen molar-refractivity contribution < 1.29 is 9.59 Å². The summed E-state index contributed by atoms with van der Waals surface area (Å²) in [5.41, 5.74) is 4.44. The molecule has 0 saturated heterocycles. The van der Waals surface area contributed by atoms with Crippen molar-refractivity contribution in [3.63, 3.8) is 0 Å². The molecular weight excluding hydrogens is 446 g/mol. The summed E-state index contributed by atoms with van der Waals surface area (Å²) >= 11 is 7.42. The standard InChI is InChI=1S/C23H26ClN5O2S/c1-5-29-19(12-20(30)25-17-10-9-14(2)18(24)11-17)27-28-23(29)32-13-21(31)26-22-15(3)7-6-8-16(22)4/h6-11H,5,12-13H2,1-4H3,(H,25,30)(H,26,31). The van der Waals surface area contributed by atoms with Crippen LogP contribution in [0.1, 0.15) is 29.4 Å². The van der Waals surface area contributed by atoms with E-state index in [1.807, 2.05) is 56.5 Å². The number of carbonyl (C=O) groups is 2. The molecule has 1 aromatic heterocycles. The Morgan fingerprint density at radius 1 is 1.00 bits per heavy atom. The van der Waals surface area contributed by atoms with E-state index in [2.05, 4.69) is 20.8 Å². The molecule has 9 heteroatoms. The molecule has 2 N–H and O–H groups in total. The molecule has 0 saturated carbocycles. The van der Waals surface area contributed by atoms with Crippen LogP contribution in [0, 0.1) is 20.8 Å². The van der Waals surface area contributed by atoms with Crippen LogP contribution in [0.4, 0.5) is 11.4 Å². The van der Waals surface area contributed by atoms with Crippen molar-refractivity contribution in [3.8, 4) is 0 Å². The number of hydrogen-bond acceptors (Lipinski definition) is 5. The van der Waals surface area contributed by atoms with Gasteiger partial charge < -0.3 is 15.2 Å². The Hall–Kier alpha value is -2.84.